The molecule has 1 unspecified atom stereocenters. The Morgan fingerprint density at radius 2 is 1.89 bits per heavy atom. The lowest BCUT2D eigenvalue weighted by atomic mass is 9.88. The molecule has 96 valence electrons. The molecule has 1 atom stereocenters. The van der Waals surface area contributed by atoms with E-state index in [0.717, 1.165) is 38.1 Å². The van der Waals surface area contributed by atoms with Crippen LogP contribution in [-0.4, -0.2) is 18.4 Å². The Hall–Kier alpha value is -1.31. The zero-order valence-corrected chi connectivity index (χ0v) is 11.1. The molecular formula is C16H21NO. The van der Waals surface area contributed by atoms with Crippen LogP contribution in [-0.2, 0) is 11.2 Å². The molecule has 0 N–H and O–H groups in total. The summed E-state index contributed by atoms with van der Waals surface area (Å²) in [5.41, 5.74) is 2.89. The maximum absolute atomic E-state index is 11.4. The van der Waals surface area contributed by atoms with E-state index >= 15 is 0 Å². The molecule has 2 heteroatoms. The number of carbonyl (C=O) groups excluding carboxylic acids is 1. The minimum Gasteiger partial charge on any atom is -0.368 e. The van der Waals surface area contributed by atoms with Gasteiger partial charge < -0.3 is 4.90 Å². The molecule has 1 aromatic rings. The number of nitrogens with zero attached hydrogens (tertiary/aromatic N) is 1. The molecule has 3 rings (SSSR count). The van der Waals surface area contributed by atoms with Gasteiger partial charge in [-0.15, -0.1) is 0 Å². The third-order valence-corrected chi connectivity index (χ3v) is 4.33. The third-order valence-electron chi connectivity index (χ3n) is 4.33. The lowest BCUT2D eigenvalue weighted by Gasteiger charge is -2.41. The zero-order valence-electron chi connectivity index (χ0n) is 11.1. The largest absolute Gasteiger partial charge is 0.368 e. The normalized spacial score (nSPS) is 25.1. The first-order valence-electron chi connectivity index (χ1n) is 7.10. The van der Waals surface area contributed by atoms with Crippen LogP contribution in [0.3, 0.4) is 0 Å². The van der Waals surface area contributed by atoms with Gasteiger partial charge in [0.15, 0.2) is 0 Å². The maximum atomic E-state index is 11.4. The number of ketones is 1. The van der Waals surface area contributed by atoms with Crippen molar-refractivity contribution in [1.82, 2.24) is 0 Å². The number of carbonyl (C=O) groups is 1. The van der Waals surface area contributed by atoms with Crippen molar-refractivity contribution < 1.29 is 4.79 Å². The highest BCUT2D eigenvalue weighted by molar-refractivity contribution is 5.79. The van der Waals surface area contributed by atoms with E-state index in [1.807, 2.05) is 0 Å². The van der Waals surface area contributed by atoms with E-state index in [0.29, 0.717) is 11.8 Å². The Kier molecular flexibility index (Phi) is 3.11. The average molecular weight is 243 g/mol. The van der Waals surface area contributed by atoms with Gasteiger partial charge in [-0.3, -0.25) is 4.79 Å². The van der Waals surface area contributed by atoms with E-state index < -0.39 is 0 Å². The summed E-state index contributed by atoms with van der Waals surface area (Å²) in [5.74, 6) is 1.17. The van der Waals surface area contributed by atoms with E-state index in [1.54, 1.807) is 0 Å². The summed E-state index contributed by atoms with van der Waals surface area (Å²) in [4.78, 5) is 13.9. The third kappa shape index (κ3) is 2.16. The van der Waals surface area contributed by atoms with Crippen molar-refractivity contribution in [3.05, 3.63) is 29.8 Å². The number of Topliss-reactive ketones (excluding diaryl/α,β-unsaturated/α-hetero) is 1. The van der Waals surface area contributed by atoms with Crippen molar-refractivity contribution in [2.45, 2.75) is 45.1 Å². The number of benzene rings is 1. The molecule has 1 heterocycles. The average Bonchev–Trinajstić information content (AvgIpc) is 2.38. The number of rotatable bonds is 1. The molecule has 1 saturated carbocycles. The van der Waals surface area contributed by atoms with Crippen LogP contribution in [0.2, 0.25) is 0 Å². The molecule has 0 aromatic heterocycles. The van der Waals surface area contributed by atoms with E-state index in [9.17, 15) is 4.79 Å². The molecule has 18 heavy (non-hydrogen) atoms. The number of hydrogen-bond acceptors (Lipinski definition) is 2. The second-order valence-electron chi connectivity index (χ2n) is 5.86. The summed E-state index contributed by atoms with van der Waals surface area (Å²) in [6.45, 7) is 3.48. The fourth-order valence-electron chi connectivity index (χ4n) is 3.42. The zero-order chi connectivity index (χ0) is 12.5. The van der Waals surface area contributed by atoms with Gasteiger partial charge in [0.05, 0.1) is 0 Å². The molecule has 1 aliphatic carbocycles. The van der Waals surface area contributed by atoms with Crippen LogP contribution in [0.1, 0.15) is 38.2 Å². The summed E-state index contributed by atoms with van der Waals surface area (Å²) in [5, 5.41) is 0. The summed E-state index contributed by atoms with van der Waals surface area (Å²) in [6, 6.07) is 9.35. The van der Waals surface area contributed by atoms with Crippen LogP contribution in [0.4, 0.5) is 5.69 Å². The van der Waals surface area contributed by atoms with Crippen LogP contribution in [0, 0.1) is 5.92 Å². The first-order valence-corrected chi connectivity index (χ1v) is 7.10. The van der Waals surface area contributed by atoms with Crippen LogP contribution in [0.25, 0.3) is 0 Å². The van der Waals surface area contributed by atoms with Crippen LogP contribution < -0.4 is 4.90 Å². The lowest BCUT2D eigenvalue weighted by Crippen LogP contribution is -2.44. The molecule has 2 aliphatic rings. The van der Waals surface area contributed by atoms with Crippen LogP contribution in [0.5, 0.6) is 0 Å². The standard InChI is InChI=1S/C16H21NO/c1-12-10-13-4-2-3-5-16(13)17(11-12)14-6-8-15(18)9-7-14/h2-5,12,14H,6-11H2,1H3. The maximum Gasteiger partial charge on any atom is 0.133 e. The van der Waals surface area contributed by atoms with Crippen molar-refractivity contribution in [1.29, 1.82) is 0 Å². The molecule has 0 amide bonds. The van der Waals surface area contributed by atoms with Gasteiger partial charge in [-0.05, 0) is 36.8 Å². The van der Waals surface area contributed by atoms with E-state index in [2.05, 4.69) is 36.1 Å². The topological polar surface area (TPSA) is 20.3 Å². The predicted octanol–water partition coefficient (Wildman–Crippen LogP) is 3.20. The van der Waals surface area contributed by atoms with Gasteiger partial charge in [0.1, 0.15) is 5.78 Å². The molecule has 0 radical (unpaired) electrons. The van der Waals surface area contributed by atoms with Crippen LogP contribution in [0.15, 0.2) is 24.3 Å². The molecule has 1 fully saturated rings. The fourth-order valence-corrected chi connectivity index (χ4v) is 3.42. The Balaban J connectivity index is 1.86. The molecule has 0 spiro atoms. The molecular weight excluding hydrogens is 222 g/mol. The highest BCUT2D eigenvalue weighted by Crippen LogP contribution is 2.34. The molecule has 0 saturated heterocycles. The van der Waals surface area contributed by atoms with Crippen molar-refractivity contribution in [2.75, 3.05) is 11.4 Å². The number of para-hydroxylation sites is 1. The van der Waals surface area contributed by atoms with Crippen molar-refractivity contribution >= 4 is 11.5 Å². The Bertz CT molecular complexity index is 444. The van der Waals surface area contributed by atoms with E-state index in [-0.39, 0.29) is 0 Å². The minimum absolute atomic E-state index is 0.449. The summed E-state index contributed by atoms with van der Waals surface area (Å²) < 4.78 is 0. The van der Waals surface area contributed by atoms with Gasteiger partial charge in [0, 0.05) is 31.1 Å². The second kappa shape index (κ2) is 4.75. The molecule has 1 aliphatic heterocycles. The monoisotopic (exact) mass is 243 g/mol. The smallest absolute Gasteiger partial charge is 0.133 e. The Labute approximate surface area is 109 Å². The van der Waals surface area contributed by atoms with Gasteiger partial charge >= 0.3 is 0 Å². The minimum atomic E-state index is 0.449. The highest BCUT2D eigenvalue weighted by Gasteiger charge is 2.29. The quantitative estimate of drug-likeness (QED) is 0.755. The molecule has 2 nitrogen and oxygen atoms in total. The van der Waals surface area contributed by atoms with Gasteiger partial charge in [-0.1, -0.05) is 25.1 Å². The van der Waals surface area contributed by atoms with Crippen molar-refractivity contribution in [3.63, 3.8) is 0 Å². The van der Waals surface area contributed by atoms with Crippen molar-refractivity contribution in [3.8, 4) is 0 Å². The number of anilines is 1. The number of hydrogen-bond donors (Lipinski definition) is 0. The van der Waals surface area contributed by atoms with Gasteiger partial charge in [-0.2, -0.15) is 0 Å². The Morgan fingerprint density at radius 1 is 1.17 bits per heavy atom. The van der Waals surface area contributed by atoms with E-state index in [4.69, 9.17) is 0 Å². The van der Waals surface area contributed by atoms with E-state index in [1.165, 1.54) is 17.7 Å². The Morgan fingerprint density at radius 3 is 2.67 bits per heavy atom. The van der Waals surface area contributed by atoms with Gasteiger partial charge in [-0.25, -0.2) is 0 Å². The van der Waals surface area contributed by atoms with Crippen molar-refractivity contribution in [2.24, 2.45) is 5.92 Å². The van der Waals surface area contributed by atoms with Gasteiger partial charge in [0.25, 0.3) is 0 Å². The summed E-state index contributed by atoms with van der Waals surface area (Å²) in [7, 11) is 0. The first kappa shape index (κ1) is 11.8. The fraction of sp³-hybridized carbons (Fsp3) is 0.562. The first-order chi connectivity index (χ1) is 8.74. The molecule has 1 aromatic carbocycles. The second-order valence-corrected chi connectivity index (χ2v) is 5.86. The van der Waals surface area contributed by atoms with Gasteiger partial charge in [0.2, 0.25) is 0 Å². The number of fused-ring (bicyclic) bond motifs is 1. The summed E-state index contributed by atoms with van der Waals surface area (Å²) in [6.07, 6.45) is 4.83. The molecule has 0 bridgehead atoms. The lowest BCUT2D eigenvalue weighted by molar-refractivity contribution is -0.120. The highest BCUT2D eigenvalue weighted by atomic mass is 16.1. The SMILES string of the molecule is CC1Cc2ccccc2N(C2CCC(=O)CC2)C1. The van der Waals surface area contributed by atoms with Crippen LogP contribution >= 0.6 is 0 Å². The predicted molar refractivity (Wildman–Crippen MR) is 73.9 cm³/mol. The summed E-state index contributed by atoms with van der Waals surface area (Å²) >= 11 is 0.